The number of Topliss-reactive ketones (excluding diaryl/α,β-unsaturated/α-hetero) is 1. The van der Waals surface area contributed by atoms with Gasteiger partial charge in [0.25, 0.3) is 0 Å². The number of ether oxygens (including phenoxy) is 1. The van der Waals surface area contributed by atoms with Crippen LogP contribution in [0.1, 0.15) is 30.1 Å². The van der Waals surface area contributed by atoms with E-state index in [2.05, 4.69) is 0 Å². The molecule has 0 radical (unpaired) electrons. The van der Waals surface area contributed by atoms with Gasteiger partial charge in [-0.1, -0.05) is 36.4 Å². The van der Waals surface area contributed by atoms with E-state index in [4.69, 9.17) is 4.74 Å². The lowest BCUT2D eigenvalue weighted by Crippen LogP contribution is -2.47. The molecule has 1 aliphatic rings. The summed E-state index contributed by atoms with van der Waals surface area (Å²) in [5.74, 6) is 0.0555. The van der Waals surface area contributed by atoms with Crippen LogP contribution in [0.15, 0.2) is 42.5 Å². The summed E-state index contributed by atoms with van der Waals surface area (Å²) in [6, 6.07) is 13.7. The zero-order valence-electron chi connectivity index (χ0n) is 13.3. The third-order valence-electron chi connectivity index (χ3n) is 4.33. The first-order valence-electron chi connectivity index (χ1n) is 8.04. The Balaban J connectivity index is 1.62. The molecule has 1 unspecified atom stereocenters. The summed E-state index contributed by atoms with van der Waals surface area (Å²) in [6.45, 7) is 3.74. The molecule has 4 nitrogen and oxygen atoms in total. The first-order valence-corrected chi connectivity index (χ1v) is 8.04. The first-order chi connectivity index (χ1) is 11.1. The van der Waals surface area contributed by atoms with Gasteiger partial charge in [-0.15, -0.1) is 0 Å². The van der Waals surface area contributed by atoms with Crippen LogP contribution < -0.4 is 0 Å². The Hall–Kier alpha value is -2.20. The molecule has 120 valence electrons. The highest BCUT2D eigenvalue weighted by Gasteiger charge is 2.24. The normalized spacial score (nSPS) is 18.1. The van der Waals surface area contributed by atoms with Crippen molar-refractivity contribution in [3.63, 3.8) is 0 Å². The van der Waals surface area contributed by atoms with Gasteiger partial charge in [0.2, 0.25) is 5.91 Å². The van der Waals surface area contributed by atoms with E-state index in [1.807, 2.05) is 54.3 Å². The molecule has 1 amide bonds. The standard InChI is InChI=1S/C19H21NO3/c1-14-13-23-11-10-20(14)19(22)9-8-18(21)17-7-6-15-4-2-3-5-16(15)12-17/h2-7,12,14H,8-11,13H2,1H3. The Bertz CT molecular complexity index is 725. The Morgan fingerprint density at radius 3 is 2.70 bits per heavy atom. The van der Waals surface area contributed by atoms with E-state index in [0.717, 1.165) is 10.8 Å². The molecule has 1 saturated heterocycles. The van der Waals surface area contributed by atoms with Gasteiger partial charge in [-0.2, -0.15) is 0 Å². The van der Waals surface area contributed by atoms with E-state index in [0.29, 0.717) is 25.3 Å². The molecule has 0 aliphatic carbocycles. The van der Waals surface area contributed by atoms with Gasteiger partial charge in [0, 0.05) is 24.9 Å². The predicted molar refractivity (Wildman–Crippen MR) is 89.5 cm³/mol. The summed E-state index contributed by atoms with van der Waals surface area (Å²) in [7, 11) is 0. The highest BCUT2D eigenvalue weighted by molar-refractivity contribution is 6.01. The molecule has 3 rings (SSSR count). The highest BCUT2D eigenvalue weighted by Crippen LogP contribution is 2.18. The van der Waals surface area contributed by atoms with Crippen LogP contribution in [0.3, 0.4) is 0 Å². The van der Waals surface area contributed by atoms with Gasteiger partial charge >= 0.3 is 0 Å². The van der Waals surface area contributed by atoms with Crippen molar-refractivity contribution in [1.82, 2.24) is 4.90 Å². The molecule has 2 aromatic carbocycles. The SMILES string of the molecule is CC1COCCN1C(=O)CCC(=O)c1ccc2ccccc2c1. The van der Waals surface area contributed by atoms with E-state index in [1.165, 1.54) is 0 Å². The minimum absolute atomic E-state index is 0.0185. The van der Waals surface area contributed by atoms with Crippen molar-refractivity contribution in [2.45, 2.75) is 25.8 Å². The summed E-state index contributed by atoms with van der Waals surface area (Å²) >= 11 is 0. The second kappa shape index (κ2) is 6.92. The molecule has 0 N–H and O–H groups in total. The molecule has 0 bridgehead atoms. The van der Waals surface area contributed by atoms with Crippen molar-refractivity contribution in [1.29, 1.82) is 0 Å². The maximum atomic E-state index is 12.4. The average Bonchev–Trinajstić information content (AvgIpc) is 2.59. The van der Waals surface area contributed by atoms with Crippen molar-refractivity contribution in [3.05, 3.63) is 48.0 Å². The summed E-state index contributed by atoms with van der Waals surface area (Å²) in [6.07, 6.45) is 0.511. The fraction of sp³-hybridized carbons (Fsp3) is 0.368. The van der Waals surface area contributed by atoms with Crippen LogP contribution in [0.25, 0.3) is 10.8 Å². The maximum absolute atomic E-state index is 12.4. The van der Waals surface area contributed by atoms with E-state index in [9.17, 15) is 9.59 Å². The molecule has 0 aromatic heterocycles. The number of nitrogens with zero attached hydrogens (tertiary/aromatic N) is 1. The van der Waals surface area contributed by atoms with Crippen LogP contribution in [0, 0.1) is 0 Å². The second-order valence-electron chi connectivity index (χ2n) is 6.00. The fourth-order valence-electron chi connectivity index (χ4n) is 2.97. The molecule has 4 heteroatoms. The number of benzene rings is 2. The van der Waals surface area contributed by atoms with Crippen LogP contribution in [0.4, 0.5) is 0 Å². The number of hydrogen-bond donors (Lipinski definition) is 0. The van der Waals surface area contributed by atoms with Gasteiger partial charge in [-0.05, 0) is 23.8 Å². The van der Waals surface area contributed by atoms with Crippen molar-refractivity contribution >= 4 is 22.5 Å². The maximum Gasteiger partial charge on any atom is 0.223 e. The number of rotatable bonds is 4. The minimum atomic E-state index is 0.0185. The van der Waals surface area contributed by atoms with Gasteiger partial charge < -0.3 is 9.64 Å². The zero-order valence-corrected chi connectivity index (χ0v) is 13.3. The van der Waals surface area contributed by atoms with Crippen LogP contribution >= 0.6 is 0 Å². The van der Waals surface area contributed by atoms with Crippen LogP contribution in [0.5, 0.6) is 0 Å². The van der Waals surface area contributed by atoms with Crippen LogP contribution in [0.2, 0.25) is 0 Å². The minimum Gasteiger partial charge on any atom is -0.377 e. The van der Waals surface area contributed by atoms with Gasteiger partial charge in [0.1, 0.15) is 0 Å². The lowest BCUT2D eigenvalue weighted by molar-refractivity contribution is -0.139. The van der Waals surface area contributed by atoms with Gasteiger partial charge in [0.05, 0.1) is 19.3 Å². The van der Waals surface area contributed by atoms with Crippen molar-refractivity contribution < 1.29 is 14.3 Å². The predicted octanol–water partition coefficient (Wildman–Crippen LogP) is 3.05. The largest absolute Gasteiger partial charge is 0.377 e. The van der Waals surface area contributed by atoms with Gasteiger partial charge in [-0.25, -0.2) is 0 Å². The molecule has 23 heavy (non-hydrogen) atoms. The Morgan fingerprint density at radius 1 is 1.13 bits per heavy atom. The molecule has 1 atom stereocenters. The molecular weight excluding hydrogens is 290 g/mol. The quantitative estimate of drug-likeness (QED) is 0.815. The Labute approximate surface area is 136 Å². The fourth-order valence-corrected chi connectivity index (χ4v) is 2.97. The number of amides is 1. The van der Waals surface area contributed by atoms with Crippen LogP contribution in [-0.4, -0.2) is 42.4 Å². The molecule has 0 spiro atoms. The van der Waals surface area contributed by atoms with Crippen molar-refractivity contribution in [2.24, 2.45) is 0 Å². The highest BCUT2D eigenvalue weighted by atomic mass is 16.5. The van der Waals surface area contributed by atoms with E-state index >= 15 is 0 Å². The lowest BCUT2D eigenvalue weighted by atomic mass is 10.0. The molecule has 1 aliphatic heterocycles. The Kier molecular flexibility index (Phi) is 4.72. The number of carbonyl (C=O) groups is 2. The second-order valence-corrected chi connectivity index (χ2v) is 6.00. The van der Waals surface area contributed by atoms with Crippen molar-refractivity contribution in [3.8, 4) is 0 Å². The summed E-state index contributed by atoms with van der Waals surface area (Å²) in [5, 5.41) is 2.16. The van der Waals surface area contributed by atoms with Crippen LogP contribution in [-0.2, 0) is 9.53 Å². The summed E-state index contributed by atoms with van der Waals surface area (Å²) in [4.78, 5) is 26.5. The number of fused-ring (bicyclic) bond motifs is 1. The monoisotopic (exact) mass is 311 g/mol. The molecule has 0 saturated carbocycles. The number of carbonyl (C=O) groups excluding carboxylic acids is 2. The number of morpholine rings is 1. The van der Waals surface area contributed by atoms with E-state index in [1.54, 1.807) is 0 Å². The smallest absolute Gasteiger partial charge is 0.223 e. The van der Waals surface area contributed by atoms with E-state index in [-0.39, 0.29) is 30.6 Å². The number of ketones is 1. The first kappa shape index (κ1) is 15.7. The molecular formula is C19H21NO3. The lowest BCUT2D eigenvalue weighted by Gasteiger charge is -2.33. The average molecular weight is 311 g/mol. The Morgan fingerprint density at radius 2 is 1.91 bits per heavy atom. The summed E-state index contributed by atoms with van der Waals surface area (Å²) < 4.78 is 5.34. The third-order valence-corrected chi connectivity index (χ3v) is 4.33. The van der Waals surface area contributed by atoms with Gasteiger partial charge in [-0.3, -0.25) is 9.59 Å². The molecule has 2 aromatic rings. The molecule has 1 fully saturated rings. The zero-order chi connectivity index (χ0) is 16.2. The topological polar surface area (TPSA) is 46.6 Å². The molecule has 1 heterocycles. The van der Waals surface area contributed by atoms with Crippen molar-refractivity contribution in [2.75, 3.05) is 19.8 Å². The third kappa shape index (κ3) is 3.59. The summed E-state index contributed by atoms with van der Waals surface area (Å²) in [5.41, 5.74) is 0.673. The van der Waals surface area contributed by atoms with E-state index < -0.39 is 0 Å². The van der Waals surface area contributed by atoms with Gasteiger partial charge in [0.15, 0.2) is 5.78 Å². The number of hydrogen-bond acceptors (Lipinski definition) is 3.